The molecule has 0 bridgehead atoms. The number of aliphatic hydroxyl groups excluding tert-OH is 1. The summed E-state index contributed by atoms with van der Waals surface area (Å²) in [7, 11) is 2.54. The van der Waals surface area contributed by atoms with Crippen LogP contribution in [0.1, 0.15) is 91.7 Å². The highest BCUT2D eigenvalue weighted by Crippen LogP contribution is 2.33. The molecule has 3 aliphatic rings. The van der Waals surface area contributed by atoms with Crippen molar-refractivity contribution in [3.8, 4) is 23.2 Å². The normalized spacial score (nSPS) is 18.6. The number of aromatic nitrogens is 3. The summed E-state index contributed by atoms with van der Waals surface area (Å²) in [5.41, 5.74) is 6.90. The van der Waals surface area contributed by atoms with Crippen molar-refractivity contribution < 1.29 is 19.5 Å². The molecule has 2 saturated heterocycles. The SMILES string of the molecule is CNc1nc(-c2cnc3ccccc3c2)nc2c1CCN(C(=O)c1ccc(/C=C/c3ccc(C#CCN4CCN(CCCCC(=O)NC([SiH3])[C@H](C(=O)N5C[C@H](O)C[C@H]5C)C(C)(C)C)CC4)cc3)cc1)C2. The van der Waals surface area contributed by atoms with E-state index in [1.807, 2.05) is 72.3 Å². The topological polar surface area (TPSA) is 147 Å². The predicted molar refractivity (Wildman–Crippen MR) is 283 cm³/mol. The summed E-state index contributed by atoms with van der Waals surface area (Å²) in [4.78, 5) is 63.3. The van der Waals surface area contributed by atoms with Crippen molar-refractivity contribution in [3.63, 3.8) is 0 Å². The van der Waals surface area contributed by atoms with Crippen LogP contribution in [0, 0.1) is 23.2 Å². The summed E-state index contributed by atoms with van der Waals surface area (Å²) in [5, 5.41) is 17.6. The van der Waals surface area contributed by atoms with Gasteiger partial charge in [0.05, 0.1) is 36.3 Å². The van der Waals surface area contributed by atoms with Gasteiger partial charge in [-0.3, -0.25) is 24.3 Å². The number of nitrogens with zero attached hydrogens (tertiary/aromatic N) is 7. The van der Waals surface area contributed by atoms with Crippen LogP contribution in [0.2, 0.25) is 0 Å². The van der Waals surface area contributed by atoms with Crippen molar-refractivity contribution >= 4 is 56.8 Å². The van der Waals surface area contributed by atoms with E-state index in [4.69, 9.17) is 9.97 Å². The molecule has 2 aromatic heterocycles. The van der Waals surface area contributed by atoms with Crippen molar-refractivity contribution in [2.45, 2.75) is 84.2 Å². The van der Waals surface area contributed by atoms with Crippen LogP contribution >= 0.6 is 0 Å². The lowest BCUT2D eigenvalue weighted by molar-refractivity contribution is -0.140. The number of fused-ring (bicyclic) bond motifs is 2. The van der Waals surface area contributed by atoms with Crippen LogP contribution in [-0.4, -0.2) is 145 Å². The van der Waals surface area contributed by atoms with Crippen molar-refractivity contribution in [2.75, 3.05) is 64.7 Å². The van der Waals surface area contributed by atoms with Crippen molar-refractivity contribution in [1.29, 1.82) is 0 Å². The first-order chi connectivity index (χ1) is 33.7. The summed E-state index contributed by atoms with van der Waals surface area (Å²) in [6.45, 7) is 15.2. The van der Waals surface area contributed by atoms with E-state index >= 15 is 0 Å². The van der Waals surface area contributed by atoms with Gasteiger partial charge in [-0.1, -0.05) is 87.2 Å². The number of pyridine rings is 1. The van der Waals surface area contributed by atoms with Crippen LogP contribution in [0.4, 0.5) is 5.82 Å². The largest absolute Gasteiger partial charge is 0.391 e. The Balaban J connectivity index is 0.740. The molecule has 2 fully saturated rings. The fraction of sp³-hybridized carbons (Fsp3) is 0.429. The molecule has 3 amide bonds. The highest BCUT2D eigenvalue weighted by Gasteiger charge is 2.42. The number of benzene rings is 3. The molecule has 0 aliphatic carbocycles. The van der Waals surface area contributed by atoms with E-state index in [1.54, 1.807) is 6.20 Å². The predicted octanol–water partition coefficient (Wildman–Crippen LogP) is 5.69. The van der Waals surface area contributed by atoms with Crippen molar-refractivity contribution in [3.05, 3.63) is 119 Å². The third-order valence-corrected chi connectivity index (χ3v) is 15.0. The molecule has 1 unspecified atom stereocenters. The van der Waals surface area contributed by atoms with E-state index < -0.39 is 6.10 Å². The van der Waals surface area contributed by atoms with Gasteiger partial charge in [-0.2, -0.15) is 0 Å². The summed E-state index contributed by atoms with van der Waals surface area (Å²) in [5.74, 6) is 7.82. The number of hydrogen-bond acceptors (Lipinski definition) is 10. The number of anilines is 1. The van der Waals surface area contributed by atoms with Crippen molar-refractivity contribution in [1.82, 2.24) is 39.9 Å². The fourth-order valence-corrected chi connectivity index (χ4v) is 11.8. The zero-order chi connectivity index (χ0) is 49.4. The van der Waals surface area contributed by atoms with Gasteiger partial charge in [-0.15, -0.1) is 0 Å². The molecule has 3 aliphatic heterocycles. The number of unbranched alkanes of at least 4 members (excludes halogenated alkanes) is 1. The standard InChI is InChI=1S/C56H69N9O4Si/c1-38-33-45(66)36-65(38)55(69)50(56(2,3)4)53(70)60-49(67)14-8-9-26-62-29-31-63(32-30-62)27-10-11-39-15-17-40(18-16-39)19-20-41-21-23-42(24-22-41)54(68)64-28-25-46-48(37-64)59-51(61-52(46)57-5)44-34-43-12-6-7-13-47(43)58-35-44/h6-7,12-13,15-24,34-35,38,45,50,53,66H,8-9,14,25-33,36-37H2,1-5,70H3,(H,60,67)(H,57,59,61)/b20-19+/t38-,45-,50-,53?/m1/s1. The molecule has 5 aromatic rings. The van der Waals surface area contributed by atoms with E-state index in [2.05, 4.69) is 101 Å². The van der Waals surface area contributed by atoms with Gasteiger partial charge in [0.2, 0.25) is 11.8 Å². The second-order valence-corrected chi connectivity index (χ2v) is 21.6. The number of amides is 3. The van der Waals surface area contributed by atoms with Gasteiger partial charge in [0, 0.05) is 109 Å². The molecule has 8 rings (SSSR count). The summed E-state index contributed by atoms with van der Waals surface area (Å²) in [6, 6.07) is 26.1. The van der Waals surface area contributed by atoms with Gasteiger partial charge in [-0.25, -0.2) is 9.97 Å². The minimum absolute atomic E-state index is 0.0132. The third-order valence-electron chi connectivity index (χ3n) is 14.0. The average molecular weight is 960 g/mol. The lowest BCUT2D eigenvalue weighted by Gasteiger charge is -2.38. The Bertz CT molecular complexity index is 2740. The lowest BCUT2D eigenvalue weighted by Crippen LogP contribution is -2.54. The van der Waals surface area contributed by atoms with Gasteiger partial charge in [0.1, 0.15) is 5.82 Å². The minimum atomic E-state index is -0.474. The first kappa shape index (κ1) is 50.2. The molecule has 0 saturated carbocycles. The molecule has 4 atom stereocenters. The maximum absolute atomic E-state index is 13.7. The number of aliphatic hydroxyl groups is 1. The summed E-state index contributed by atoms with van der Waals surface area (Å²) >= 11 is 0. The minimum Gasteiger partial charge on any atom is -0.391 e. The van der Waals surface area contributed by atoms with Crippen LogP contribution in [-0.2, 0) is 22.6 Å². The maximum atomic E-state index is 13.7. The van der Waals surface area contributed by atoms with Gasteiger partial charge < -0.3 is 30.4 Å². The second-order valence-electron chi connectivity index (χ2n) is 20.3. The third kappa shape index (κ3) is 12.6. The second kappa shape index (κ2) is 22.7. The quantitative estimate of drug-likeness (QED) is 0.0549. The van der Waals surface area contributed by atoms with E-state index in [0.29, 0.717) is 60.5 Å². The molecule has 13 nitrogen and oxygen atoms in total. The van der Waals surface area contributed by atoms with Crippen LogP contribution in [0.5, 0.6) is 0 Å². The van der Waals surface area contributed by atoms with Gasteiger partial charge in [0.25, 0.3) is 5.91 Å². The number of likely N-dealkylation sites (tertiary alicyclic amines) is 1. The molecule has 5 heterocycles. The first-order valence-electron chi connectivity index (χ1n) is 25.0. The first-order valence-corrected chi connectivity index (χ1v) is 26.2. The van der Waals surface area contributed by atoms with Crippen molar-refractivity contribution in [2.24, 2.45) is 11.3 Å². The van der Waals surface area contributed by atoms with E-state index in [-0.39, 0.29) is 40.8 Å². The molecule has 0 spiro atoms. The summed E-state index contributed by atoms with van der Waals surface area (Å²) in [6.07, 6.45) is 8.98. The molecule has 14 heteroatoms. The smallest absolute Gasteiger partial charge is 0.254 e. The fourth-order valence-electron chi connectivity index (χ4n) is 10.2. The van der Waals surface area contributed by atoms with E-state index in [0.717, 1.165) is 102 Å². The Morgan fingerprint density at radius 3 is 2.30 bits per heavy atom. The number of nitrogens with one attached hydrogen (secondary N) is 2. The Kier molecular flexibility index (Phi) is 16.2. The van der Waals surface area contributed by atoms with Crippen LogP contribution in [0.25, 0.3) is 34.4 Å². The number of piperazine rings is 1. The molecule has 366 valence electrons. The van der Waals surface area contributed by atoms with E-state index in [1.165, 1.54) is 0 Å². The van der Waals surface area contributed by atoms with Crippen LogP contribution in [0.15, 0.2) is 85.1 Å². The molecule has 3 aromatic carbocycles. The van der Waals surface area contributed by atoms with Gasteiger partial charge >= 0.3 is 0 Å². The number of para-hydroxylation sites is 1. The number of hydrogen-bond donors (Lipinski definition) is 3. The highest BCUT2D eigenvalue weighted by molar-refractivity contribution is 6.15. The number of carbonyl (C=O) groups excluding carboxylic acids is 3. The number of rotatable bonds is 14. The number of carbonyl (C=O) groups is 3. The summed E-state index contributed by atoms with van der Waals surface area (Å²) < 4.78 is 0. The van der Waals surface area contributed by atoms with Gasteiger partial charge in [-0.05, 0) is 92.1 Å². The van der Waals surface area contributed by atoms with E-state index in [9.17, 15) is 19.5 Å². The monoisotopic (exact) mass is 960 g/mol. The molecular formula is C56H69N9O4Si. The Hall–Kier alpha value is -6.24. The number of β-amino-alcohol motifs (C(OH)–C–C–N with tert-alkyl or cyclic N) is 1. The van der Waals surface area contributed by atoms with Gasteiger partial charge in [0.15, 0.2) is 5.82 Å². The van der Waals surface area contributed by atoms with Crippen LogP contribution in [0.3, 0.4) is 0 Å². The Morgan fingerprint density at radius 2 is 1.61 bits per heavy atom. The molecule has 70 heavy (non-hydrogen) atoms. The average Bonchev–Trinajstić information content (AvgIpc) is 3.71. The zero-order valence-corrected chi connectivity index (χ0v) is 43.7. The zero-order valence-electron chi connectivity index (χ0n) is 41.7. The highest BCUT2D eigenvalue weighted by atomic mass is 28.1. The lowest BCUT2D eigenvalue weighted by atomic mass is 9.79. The Morgan fingerprint density at radius 1 is 0.914 bits per heavy atom. The maximum Gasteiger partial charge on any atom is 0.254 e. The molecular weight excluding hydrogens is 891 g/mol. The molecule has 0 radical (unpaired) electrons. The molecule has 3 N–H and O–H groups in total. The Labute approximate surface area is 416 Å². The van der Waals surface area contributed by atoms with Crippen LogP contribution < -0.4 is 10.6 Å².